The summed E-state index contributed by atoms with van der Waals surface area (Å²) in [6, 6.07) is -0.252. The molecule has 0 spiro atoms. The van der Waals surface area contributed by atoms with Gasteiger partial charge in [0, 0.05) is 7.05 Å². The maximum Gasteiger partial charge on any atom is 0.246 e. The molecule has 13 heavy (non-hydrogen) atoms. The normalized spacial score (nSPS) is 28.7. The lowest BCUT2D eigenvalue weighted by molar-refractivity contribution is -0.137. The van der Waals surface area contributed by atoms with E-state index in [-0.39, 0.29) is 17.9 Å². The van der Waals surface area contributed by atoms with Crippen molar-refractivity contribution >= 4 is 11.8 Å². The van der Waals surface area contributed by atoms with E-state index in [1.165, 1.54) is 17.7 Å². The third-order valence-corrected chi connectivity index (χ3v) is 2.73. The largest absolute Gasteiger partial charge is 0.305 e. The van der Waals surface area contributed by atoms with Gasteiger partial charge in [-0.2, -0.15) is 0 Å². The fourth-order valence-corrected chi connectivity index (χ4v) is 1.55. The Balaban J connectivity index is 1.85. The van der Waals surface area contributed by atoms with Crippen molar-refractivity contribution in [1.29, 1.82) is 0 Å². The predicted octanol–water partition coefficient (Wildman–Crippen LogP) is -0.257. The fourth-order valence-electron chi connectivity index (χ4n) is 1.55. The van der Waals surface area contributed by atoms with E-state index < -0.39 is 0 Å². The minimum atomic E-state index is -0.252. The van der Waals surface area contributed by atoms with Crippen LogP contribution in [0.15, 0.2) is 0 Å². The summed E-state index contributed by atoms with van der Waals surface area (Å²) >= 11 is 0. The van der Waals surface area contributed by atoms with Gasteiger partial charge in [-0.15, -0.1) is 0 Å². The number of rotatable bonds is 3. The quantitative estimate of drug-likeness (QED) is 0.612. The summed E-state index contributed by atoms with van der Waals surface area (Å²) < 4.78 is 0. The summed E-state index contributed by atoms with van der Waals surface area (Å²) in [6.07, 6.45) is 2.86. The molecule has 1 heterocycles. The predicted molar refractivity (Wildman–Crippen MR) is 46.9 cm³/mol. The number of carbonyl (C=O) groups excluding carboxylic acids is 2. The summed E-state index contributed by atoms with van der Waals surface area (Å²) in [4.78, 5) is 23.7. The van der Waals surface area contributed by atoms with Gasteiger partial charge in [-0.05, 0) is 25.3 Å². The van der Waals surface area contributed by atoms with E-state index in [4.69, 9.17) is 0 Å². The highest BCUT2D eigenvalue weighted by Gasteiger charge is 2.36. The first kappa shape index (κ1) is 8.69. The van der Waals surface area contributed by atoms with Crippen molar-refractivity contribution in [3.8, 4) is 0 Å². The van der Waals surface area contributed by atoms with Crippen LogP contribution in [0.25, 0.3) is 0 Å². The third-order valence-electron chi connectivity index (χ3n) is 2.73. The van der Waals surface area contributed by atoms with E-state index in [0.29, 0.717) is 6.42 Å². The minimum absolute atomic E-state index is 0.0710. The summed E-state index contributed by atoms with van der Waals surface area (Å²) in [6.45, 7) is 0.886. The SMILES string of the molecule is CN1C(=O)CC(NCC2CC2)C1=O. The first-order valence-corrected chi connectivity index (χ1v) is 4.72. The number of likely N-dealkylation sites (N-methyl/N-ethyl adjacent to an activating group) is 1. The van der Waals surface area contributed by atoms with Crippen molar-refractivity contribution < 1.29 is 9.59 Å². The second-order valence-corrected chi connectivity index (χ2v) is 3.90. The molecular formula is C9H14N2O2. The standard InChI is InChI=1S/C9H14N2O2/c1-11-8(12)4-7(9(11)13)10-5-6-2-3-6/h6-7,10H,2-5H2,1H3. The van der Waals surface area contributed by atoms with E-state index in [1.54, 1.807) is 7.05 Å². The Kier molecular flexibility index (Phi) is 2.07. The van der Waals surface area contributed by atoms with Crippen LogP contribution in [0.5, 0.6) is 0 Å². The fraction of sp³-hybridized carbons (Fsp3) is 0.778. The molecule has 0 aromatic rings. The number of nitrogens with zero attached hydrogens (tertiary/aromatic N) is 1. The Morgan fingerprint density at radius 1 is 1.46 bits per heavy atom. The molecule has 0 aromatic heterocycles. The van der Waals surface area contributed by atoms with Crippen LogP contribution in [0.4, 0.5) is 0 Å². The van der Waals surface area contributed by atoms with Gasteiger partial charge in [0.1, 0.15) is 0 Å². The Morgan fingerprint density at radius 2 is 2.15 bits per heavy atom. The van der Waals surface area contributed by atoms with Crippen LogP contribution >= 0.6 is 0 Å². The average Bonchev–Trinajstić information content (AvgIpc) is 2.89. The average molecular weight is 182 g/mol. The van der Waals surface area contributed by atoms with Crippen molar-refractivity contribution in [2.75, 3.05) is 13.6 Å². The van der Waals surface area contributed by atoms with Crippen molar-refractivity contribution in [3.05, 3.63) is 0 Å². The van der Waals surface area contributed by atoms with Crippen molar-refractivity contribution in [2.24, 2.45) is 5.92 Å². The van der Waals surface area contributed by atoms with Crippen molar-refractivity contribution in [2.45, 2.75) is 25.3 Å². The van der Waals surface area contributed by atoms with Crippen LogP contribution in [0.2, 0.25) is 0 Å². The van der Waals surface area contributed by atoms with Crippen LogP contribution in [0.1, 0.15) is 19.3 Å². The number of amides is 2. The molecule has 1 aliphatic carbocycles. The summed E-state index contributed by atoms with van der Waals surface area (Å²) in [5.74, 6) is 0.595. The van der Waals surface area contributed by atoms with Gasteiger partial charge in [0.05, 0.1) is 12.5 Å². The van der Waals surface area contributed by atoms with Crippen molar-refractivity contribution in [3.63, 3.8) is 0 Å². The van der Waals surface area contributed by atoms with E-state index >= 15 is 0 Å². The molecule has 1 N–H and O–H groups in total. The summed E-state index contributed by atoms with van der Waals surface area (Å²) in [5, 5.41) is 3.14. The first-order chi connectivity index (χ1) is 6.18. The van der Waals surface area contributed by atoms with Gasteiger partial charge in [0.25, 0.3) is 0 Å². The number of imide groups is 1. The monoisotopic (exact) mass is 182 g/mol. The third kappa shape index (κ3) is 1.72. The van der Waals surface area contributed by atoms with Crippen LogP contribution in [0, 0.1) is 5.92 Å². The molecule has 1 saturated heterocycles. The molecule has 2 amide bonds. The zero-order valence-electron chi connectivity index (χ0n) is 7.75. The number of nitrogens with one attached hydrogen (secondary N) is 1. The lowest BCUT2D eigenvalue weighted by atomic mass is 10.2. The topological polar surface area (TPSA) is 49.4 Å². The molecule has 0 radical (unpaired) electrons. The highest BCUT2D eigenvalue weighted by Crippen LogP contribution is 2.28. The van der Waals surface area contributed by atoms with Gasteiger partial charge < -0.3 is 5.32 Å². The summed E-state index contributed by atoms with van der Waals surface area (Å²) in [7, 11) is 1.55. The molecule has 1 unspecified atom stereocenters. The zero-order valence-corrected chi connectivity index (χ0v) is 7.75. The maximum atomic E-state index is 11.4. The molecule has 0 bridgehead atoms. The minimum Gasteiger partial charge on any atom is -0.305 e. The molecular weight excluding hydrogens is 168 g/mol. The second kappa shape index (κ2) is 3.10. The lowest BCUT2D eigenvalue weighted by Crippen LogP contribution is -2.38. The van der Waals surface area contributed by atoms with Gasteiger partial charge in [-0.3, -0.25) is 14.5 Å². The molecule has 1 atom stereocenters. The maximum absolute atomic E-state index is 11.4. The molecule has 0 aromatic carbocycles. The van der Waals surface area contributed by atoms with Crippen molar-refractivity contribution in [1.82, 2.24) is 10.2 Å². The van der Waals surface area contributed by atoms with E-state index in [2.05, 4.69) is 5.32 Å². The number of hydrogen-bond acceptors (Lipinski definition) is 3. The number of likely N-dealkylation sites (tertiary alicyclic amines) is 1. The van der Waals surface area contributed by atoms with E-state index in [9.17, 15) is 9.59 Å². The zero-order chi connectivity index (χ0) is 9.42. The van der Waals surface area contributed by atoms with Gasteiger partial charge in [-0.25, -0.2) is 0 Å². The van der Waals surface area contributed by atoms with Gasteiger partial charge >= 0.3 is 0 Å². The molecule has 2 fully saturated rings. The van der Waals surface area contributed by atoms with Gasteiger partial charge in [-0.1, -0.05) is 0 Å². The molecule has 2 aliphatic rings. The highest BCUT2D eigenvalue weighted by atomic mass is 16.2. The van der Waals surface area contributed by atoms with Crippen LogP contribution in [0.3, 0.4) is 0 Å². The molecule has 72 valence electrons. The molecule has 2 rings (SSSR count). The summed E-state index contributed by atoms with van der Waals surface area (Å²) in [5.41, 5.74) is 0. The smallest absolute Gasteiger partial charge is 0.246 e. The lowest BCUT2D eigenvalue weighted by Gasteiger charge is -2.09. The number of hydrogen-bond donors (Lipinski definition) is 1. The Labute approximate surface area is 77.3 Å². The van der Waals surface area contributed by atoms with Gasteiger partial charge in [0.2, 0.25) is 11.8 Å². The van der Waals surface area contributed by atoms with E-state index in [1.807, 2.05) is 0 Å². The molecule has 1 aliphatic heterocycles. The van der Waals surface area contributed by atoms with Crippen LogP contribution in [-0.2, 0) is 9.59 Å². The molecule has 4 heteroatoms. The van der Waals surface area contributed by atoms with Crippen LogP contribution in [-0.4, -0.2) is 36.3 Å². The van der Waals surface area contributed by atoms with E-state index in [0.717, 1.165) is 12.5 Å². The van der Waals surface area contributed by atoms with Crippen LogP contribution < -0.4 is 5.32 Å². The van der Waals surface area contributed by atoms with Gasteiger partial charge in [0.15, 0.2) is 0 Å². The molecule has 1 saturated carbocycles. The molecule has 4 nitrogen and oxygen atoms in total. The highest BCUT2D eigenvalue weighted by molar-refractivity contribution is 6.05. The Morgan fingerprint density at radius 3 is 2.62 bits per heavy atom. The second-order valence-electron chi connectivity index (χ2n) is 3.90. The number of carbonyl (C=O) groups is 2. The Hall–Kier alpha value is -0.900. The Bertz CT molecular complexity index is 248. The first-order valence-electron chi connectivity index (χ1n) is 4.72.